The molecular weight excluding hydrogens is 388 g/mol. The van der Waals surface area contributed by atoms with Crippen molar-refractivity contribution in [2.24, 2.45) is 0 Å². The van der Waals surface area contributed by atoms with Crippen molar-refractivity contribution in [2.45, 2.75) is 25.4 Å². The summed E-state index contributed by atoms with van der Waals surface area (Å²) in [5.74, 6) is 2.30. The molecule has 1 aromatic heterocycles. The molecule has 1 aromatic carbocycles. The zero-order chi connectivity index (χ0) is 21.1. The summed E-state index contributed by atoms with van der Waals surface area (Å²) in [6.07, 6.45) is 3.35. The average molecular weight is 414 g/mol. The molecule has 2 fully saturated rings. The van der Waals surface area contributed by atoms with E-state index in [-0.39, 0.29) is 11.7 Å². The monoisotopic (exact) mass is 414 g/mol. The van der Waals surface area contributed by atoms with Crippen LogP contribution in [0.15, 0.2) is 24.4 Å². The average Bonchev–Trinajstić information content (AvgIpc) is 3.58. The number of nitro groups is 1. The Morgan fingerprint density at radius 2 is 1.90 bits per heavy atom. The van der Waals surface area contributed by atoms with E-state index in [0.29, 0.717) is 11.8 Å². The second kappa shape index (κ2) is 8.70. The third-order valence-electron chi connectivity index (χ3n) is 5.38. The normalized spacial score (nSPS) is 16.9. The number of ether oxygens (including phenoxy) is 2. The van der Waals surface area contributed by atoms with Crippen molar-refractivity contribution in [1.82, 2.24) is 14.9 Å². The van der Waals surface area contributed by atoms with Crippen LogP contribution in [-0.2, 0) is 6.54 Å². The number of benzene rings is 1. The van der Waals surface area contributed by atoms with E-state index in [0.717, 1.165) is 62.6 Å². The standard InChI is InChI=1S/C20H26N6O4/c1-29-17-6-3-14(11-18(17)30-2)13-24-7-9-25(10-8-24)20-21-12-16(26(27)28)19(23-20)22-15-4-5-15/h3,6,11-12,15H,4-5,7-10,13H2,1-2H3,(H,21,22,23). The molecule has 0 amide bonds. The maximum absolute atomic E-state index is 11.3. The topological polar surface area (TPSA) is 106 Å². The molecular formula is C20H26N6O4. The molecule has 30 heavy (non-hydrogen) atoms. The zero-order valence-corrected chi connectivity index (χ0v) is 17.2. The number of piperazine rings is 1. The Bertz CT molecular complexity index is 912. The number of methoxy groups -OCH3 is 2. The molecule has 1 aliphatic carbocycles. The van der Waals surface area contributed by atoms with Crippen LogP contribution in [0.4, 0.5) is 17.5 Å². The Morgan fingerprint density at radius 1 is 1.17 bits per heavy atom. The quantitative estimate of drug-likeness (QED) is 0.514. The first-order valence-corrected chi connectivity index (χ1v) is 10.0. The largest absolute Gasteiger partial charge is 0.493 e. The summed E-state index contributed by atoms with van der Waals surface area (Å²) < 4.78 is 10.7. The van der Waals surface area contributed by atoms with E-state index in [1.54, 1.807) is 14.2 Å². The molecule has 10 nitrogen and oxygen atoms in total. The smallest absolute Gasteiger partial charge is 0.329 e. The van der Waals surface area contributed by atoms with E-state index in [9.17, 15) is 10.1 Å². The number of nitrogens with one attached hydrogen (secondary N) is 1. The van der Waals surface area contributed by atoms with E-state index in [4.69, 9.17) is 9.47 Å². The molecule has 1 N–H and O–H groups in total. The first-order valence-electron chi connectivity index (χ1n) is 10.0. The highest BCUT2D eigenvalue weighted by Crippen LogP contribution is 2.31. The number of aromatic nitrogens is 2. The second-order valence-corrected chi connectivity index (χ2v) is 7.53. The molecule has 10 heteroatoms. The highest BCUT2D eigenvalue weighted by Gasteiger charge is 2.28. The minimum absolute atomic E-state index is 0.0715. The summed E-state index contributed by atoms with van der Waals surface area (Å²) in [5.41, 5.74) is 1.08. The Labute approximate surface area is 175 Å². The van der Waals surface area contributed by atoms with Crippen LogP contribution < -0.4 is 19.7 Å². The maximum atomic E-state index is 11.3. The summed E-state index contributed by atoms with van der Waals surface area (Å²) in [7, 11) is 3.26. The molecule has 1 saturated heterocycles. The fraction of sp³-hybridized carbons (Fsp3) is 0.500. The van der Waals surface area contributed by atoms with Gasteiger partial charge in [0.2, 0.25) is 11.8 Å². The van der Waals surface area contributed by atoms with Gasteiger partial charge in [0, 0.05) is 38.8 Å². The number of nitrogens with zero attached hydrogens (tertiary/aromatic N) is 5. The lowest BCUT2D eigenvalue weighted by atomic mass is 10.1. The molecule has 2 aromatic rings. The van der Waals surface area contributed by atoms with Crippen molar-refractivity contribution in [1.29, 1.82) is 0 Å². The minimum Gasteiger partial charge on any atom is -0.493 e. The molecule has 0 atom stereocenters. The summed E-state index contributed by atoms with van der Waals surface area (Å²) in [5, 5.41) is 14.4. The molecule has 0 radical (unpaired) electrons. The Hall–Kier alpha value is -3.14. The fourth-order valence-electron chi connectivity index (χ4n) is 3.52. The van der Waals surface area contributed by atoms with Crippen LogP contribution in [0.1, 0.15) is 18.4 Å². The summed E-state index contributed by atoms with van der Waals surface area (Å²) in [6, 6.07) is 6.25. The summed E-state index contributed by atoms with van der Waals surface area (Å²) in [4.78, 5) is 24.0. The first kappa shape index (κ1) is 20.1. The van der Waals surface area contributed by atoms with E-state index in [2.05, 4.69) is 25.1 Å². The van der Waals surface area contributed by atoms with Crippen LogP contribution in [0.2, 0.25) is 0 Å². The highest BCUT2D eigenvalue weighted by atomic mass is 16.6. The molecule has 1 saturated carbocycles. The van der Waals surface area contributed by atoms with Crippen LogP contribution >= 0.6 is 0 Å². The van der Waals surface area contributed by atoms with Crippen LogP contribution in [0.3, 0.4) is 0 Å². The van der Waals surface area contributed by atoms with Gasteiger partial charge in [-0.2, -0.15) is 4.98 Å². The van der Waals surface area contributed by atoms with E-state index in [1.807, 2.05) is 18.2 Å². The van der Waals surface area contributed by atoms with Gasteiger partial charge in [-0.15, -0.1) is 0 Å². The lowest BCUT2D eigenvalue weighted by molar-refractivity contribution is -0.384. The van der Waals surface area contributed by atoms with Crippen molar-refractivity contribution < 1.29 is 14.4 Å². The number of rotatable bonds is 8. The third-order valence-corrected chi connectivity index (χ3v) is 5.38. The molecule has 1 aliphatic heterocycles. The van der Waals surface area contributed by atoms with Gasteiger partial charge in [-0.1, -0.05) is 6.07 Å². The van der Waals surface area contributed by atoms with Gasteiger partial charge in [0.15, 0.2) is 11.5 Å². The molecule has 4 rings (SSSR count). The van der Waals surface area contributed by atoms with Gasteiger partial charge in [-0.05, 0) is 30.5 Å². The van der Waals surface area contributed by atoms with Crippen LogP contribution in [0.5, 0.6) is 11.5 Å². The van der Waals surface area contributed by atoms with E-state index in [1.165, 1.54) is 6.20 Å². The Kier molecular flexibility index (Phi) is 5.84. The lowest BCUT2D eigenvalue weighted by Crippen LogP contribution is -2.46. The molecule has 2 heterocycles. The molecule has 160 valence electrons. The third kappa shape index (κ3) is 4.54. The second-order valence-electron chi connectivity index (χ2n) is 7.53. The van der Waals surface area contributed by atoms with Gasteiger partial charge in [-0.3, -0.25) is 15.0 Å². The van der Waals surface area contributed by atoms with E-state index < -0.39 is 4.92 Å². The molecule has 2 aliphatic rings. The first-order chi connectivity index (χ1) is 14.6. The van der Waals surface area contributed by atoms with Gasteiger partial charge in [0.05, 0.1) is 19.1 Å². The van der Waals surface area contributed by atoms with E-state index >= 15 is 0 Å². The number of hydrogen-bond donors (Lipinski definition) is 1. The van der Waals surface area contributed by atoms with Crippen LogP contribution in [0.25, 0.3) is 0 Å². The lowest BCUT2D eigenvalue weighted by Gasteiger charge is -2.34. The number of hydrogen-bond acceptors (Lipinski definition) is 9. The Balaban J connectivity index is 1.39. The fourth-order valence-corrected chi connectivity index (χ4v) is 3.52. The van der Waals surface area contributed by atoms with Crippen molar-refractivity contribution in [2.75, 3.05) is 50.6 Å². The Morgan fingerprint density at radius 3 is 2.53 bits per heavy atom. The molecule has 0 bridgehead atoms. The van der Waals surface area contributed by atoms with Gasteiger partial charge in [0.1, 0.15) is 6.20 Å². The van der Waals surface area contributed by atoms with Crippen molar-refractivity contribution >= 4 is 17.5 Å². The maximum Gasteiger partial charge on any atom is 0.329 e. The number of anilines is 2. The zero-order valence-electron chi connectivity index (χ0n) is 17.2. The van der Waals surface area contributed by atoms with Crippen molar-refractivity contribution in [3.05, 3.63) is 40.1 Å². The summed E-state index contributed by atoms with van der Waals surface area (Å²) >= 11 is 0. The SMILES string of the molecule is COc1ccc(CN2CCN(c3ncc([N+](=O)[O-])c(NC4CC4)n3)CC2)cc1OC. The highest BCUT2D eigenvalue weighted by molar-refractivity contribution is 5.58. The van der Waals surface area contributed by atoms with Gasteiger partial charge in [-0.25, -0.2) is 4.98 Å². The van der Waals surface area contributed by atoms with Crippen LogP contribution in [0, 0.1) is 10.1 Å². The van der Waals surface area contributed by atoms with Gasteiger partial charge in [0.25, 0.3) is 0 Å². The van der Waals surface area contributed by atoms with Crippen LogP contribution in [-0.4, -0.2) is 66.2 Å². The van der Waals surface area contributed by atoms with Gasteiger partial charge >= 0.3 is 5.69 Å². The predicted molar refractivity (Wildman–Crippen MR) is 112 cm³/mol. The molecule has 0 unspecified atom stereocenters. The molecule has 0 spiro atoms. The summed E-state index contributed by atoms with van der Waals surface area (Å²) in [6.45, 7) is 4.02. The predicted octanol–water partition coefficient (Wildman–Crippen LogP) is 2.30. The van der Waals surface area contributed by atoms with Gasteiger partial charge < -0.3 is 19.7 Å². The minimum atomic E-state index is -0.435. The van der Waals surface area contributed by atoms with Crippen molar-refractivity contribution in [3.63, 3.8) is 0 Å². The van der Waals surface area contributed by atoms with Crippen molar-refractivity contribution in [3.8, 4) is 11.5 Å².